The predicted molar refractivity (Wildman–Crippen MR) is 68.2 cm³/mol. The molecule has 2 aliphatic heterocycles. The number of aromatic nitrogens is 1. The van der Waals surface area contributed by atoms with Crippen molar-refractivity contribution in [2.24, 2.45) is 0 Å². The zero-order chi connectivity index (χ0) is 12.2. The van der Waals surface area contributed by atoms with Gasteiger partial charge in [0.15, 0.2) is 0 Å². The van der Waals surface area contributed by atoms with Crippen molar-refractivity contribution in [3.8, 4) is 0 Å². The molecule has 0 aliphatic carbocycles. The molecule has 4 heteroatoms. The molecular formula is C14H20N2O2. The molecule has 2 atom stereocenters. The molecule has 2 fully saturated rings. The fourth-order valence-electron chi connectivity index (χ4n) is 2.72. The van der Waals surface area contributed by atoms with Crippen LogP contribution >= 0.6 is 0 Å². The van der Waals surface area contributed by atoms with Crippen LogP contribution in [0.1, 0.15) is 18.5 Å². The van der Waals surface area contributed by atoms with Gasteiger partial charge in [0.2, 0.25) is 0 Å². The molecule has 1 aromatic rings. The summed E-state index contributed by atoms with van der Waals surface area (Å²) < 4.78 is 11.4. The van der Waals surface area contributed by atoms with Crippen LogP contribution in [0.5, 0.6) is 0 Å². The molecule has 0 spiro atoms. The lowest BCUT2D eigenvalue weighted by Crippen LogP contribution is -2.34. The Morgan fingerprint density at radius 3 is 3.17 bits per heavy atom. The van der Waals surface area contributed by atoms with Crippen LogP contribution < -0.4 is 0 Å². The van der Waals surface area contributed by atoms with E-state index in [1.54, 1.807) is 0 Å². The third-order valence-electron chi connectivity index (χ3n) is 3.79. The van der Waals surface area contributed by atoms with E-state index in [4.69, 9.17) is 9.47 Å². The number of rotatable bonds is 4. The third kappa shape index (κ3) is 2.88. The molecule has 1 unspecified atom stereocenters. The molecule has 0 radical (unpaired) electrons. The maximum absolute atomic E-state index is 5.93. The Bertz CT molecular complexity index is 365. The maximum atomic E-state index is 5.93. The second kappa shape index (κ2) is 5.78. The first-order valence-electron chi connectivity index (χ1n) is 6.75. The second-order valence-electron chi connectivity index (χ2n) is 5.06. The van der Waals surface area contributed by atoms with E-state index in [0.717, 1.165) is 38.4 Å². The minimum absolute atomic E-state index is 0.354. The minimum Gasteiger partial charge on any atom is -0.380 e. The lowest BCUT2D eigenvalue weighted by Gasteiger charge is -2.22. The molecule has 98 valence electrons. The van der Waals surface area contributed by atoms with Gasteiger partial charge in [-0.1, -0.05) is 6.07 Å². The van der Waals surface area contributed by atoms with Gasteiger partial charge in [-0.25, -0.2) is 0 Å². The Morgan fingerprint density at radius 2 is 2.39 bits per heavy atom. The van der Waals surface area contributed by atoms with Crippen LogP contribution in [0, 0.1) is 0 Å². The minimum atomic E-state index is 0.354. The zero-order valence-electron chi connectivity index (χ0n) is 10.6. The first kappa shape index (κ1) is 12.1. The van der Waals surface area contributed by atoms with Gasteiger partial charge in [-0.05, 0) is 25.0 Å². The van der Waals surface area contributed by atoms with Crippen molar-refractivity contribution < 1.29 is 9.47 Å². The molecule has 3 rings (SSSR count). The highest BCUT2D eigenvalue weighted by molar-refractivity contribution is 5.02. The summed E-state index contributed by atoms with van der Waals surface area (Å²) in [6.07, 6.45) is 4.47. The third-order valence-corrected chi connectivity index (χ3v) is 3.79. The monoisotopic (exact) mass is 248 g/mol. The molecular weight excluding hydrogens is 228 g/mol. The van der Waals surface area contributed by atoms with Crippen molar-refractivity contribution in [2.75, 3.05) is 26.3 Å². The number of hydrogen-bond donors (Lipinski definition) is 0. The van der Waals surface area contributed by atoms with Crippen LogP contribution in [0.3, 0.4) is 0 Å². The van der Waals surface area contributed by atoms with Gasteiger partial charge in [-0.3, -0.25) is 9.88 Å². The molecule has 0 saturated carbocycles. The van der Waals surface area contributed by atoms with Crippen LogP contribution in [0.15, 0.2) is 24.4 Å². The lowest BCUT2D eigenvalue weighted by atomic mass is 10.2. The molecule has 2 saturated heterocycles. The lowest BCUT2D eigenvalue weighted by molar-refractivity contribution is 0.0405. The zero-order valence-corrected chi connectivity index (χ0v) is 10.6. The Hall–Kier alpha value is -0.970. The van der Waals surface area contributed by atoms with E-state index in [2.05, 4.69) is 9.88 Å². The average molecular weight is 248 g/mol. The maximum Gasteiger partial charge on any atom is 0.0892 e. The quantitative estimate of drug-likeness (QED) is 0.808. The van der Waals surface area contributed by atoms with Gasteiger partial charge in [0.1, 0.15) is 0 Å². The van der Waals surface area contributed by atoms with E-state index in [1.807, 2.05) is 24.4 Å². The molecule has 18 heavy (non-hydrogen) atoms. The molecule has 4 nitrogen and oxygen atoms in total. The molecule has 0 amide bonds. The number of hydrogen-bond acceptors (Lipinski definition) is 4. The van der Waals surface area contributed by atoms with Gasteiger partial charge in [-0.2, -0.15) is 0 Å². The summed E-state index contributed by atoms with van der Waals surface area (Å²) in [6, 6.07) is 6.56. The van der Waals surface area contributed by atoms with Crippen molar-refractivity contribution in [2.45, 2.75) is 31.6 Å². The van der Waals surface area contributed by atoms with Gasteiger partial charge < -0.3 is 9.47 Å². The summed E-state index contributed by atoms with van der Waals surface area (Å²) in [6.45, 7) is 4.62. The highest BCUT2D eigenvalue weighted by Crippen LogP contribution is 2.21. The fourth-order valence-corrected chi connectivity index (χ4v) is 2.72. The summed E-state index contributed by atoms with van der Waals surface area (Å²) in [5.41, 5.74) is 1.01. The van der Waals surface area contributed by atoms with Crippen molar-refractivity contribution in [3.05, 3.63) is 30.1 Å². The van der Waals surface area contributed by atoms with Crippen LogP contribution in [0.25, 0.3) is 0 Å². The molecule has 0 aromatic carbocycles. The van der Waals surface area contributed by atoms with Crippen molar-refractivity contribution >= 4 is 0 Å². The Morgan fingerprint density at radius 1 is 1.39 bits per heavy atom. The number of ether oxygens (including phenoxy) is 2. The Kier molecular flexibility index (Phi) is 3.88. The topological polar surface area (TPSA) is 34.6 Å². The van der Waals surface area contributed by atoms with Gasteiger partial charge in [-0.15, -0.1) is 0 Å². The Balaban J connectivity index is 1.45. The van der Waals surface area contributed by atoms with Crippen LogP contribution in [-0.4, -0.2) is 48.3 Å². The standard InChI is InChI=1S/C14H20N2O2/c1-2-6-15-12(3-1)10-18-14-4-7-16(9-14)13-5-8-17-11-13/h1-3,6,13-14H,4-5,7-11H2/t13?,14-/m1/s1. The number of pyridine rings is 1. The molecule has 0 N–H and O–H groups in total. The molecule has 1 aromatic heterocycles. The molecule has 0 bridgehead atoms. The summed E-state index contributed by atoms with van der Waals surface area (Å²) in [4.78, 5) is 6.79. The summed E-state index contributed by atoms with van der Waals surface area (Å²) in [5, 5.41) is 0. The van der Waals surface area contributed by atoms with Crippen LogP contribution in [-0.2, 0) is 16.1 Å². The first-order chi connectivity index (χ1) is 8.92. The highest BCUT2D eigenvalue weighted by atomic mass is 16.5. The fraction of sp³-hybridized carbons (Fsp3) is 0.643. The normalized spacial score (nSPS) is 28.9. The number of likely N-dealkylation sites (tertiary alicyclic amines) is 1. The van der Waals surface area contributed by atoms with Gasteiger partial charge >= 0.3 is 0 Å². The second-order valence-corrected chi connectivity index (χ2v) is 5.06. The van der Waals surface area contributed by atoms with Gasteiger partial charge in [0.25, 0.3) is 0 Å². The largest absolute Gasteiger partial charge is 0.380 e. The first-order valence-corrected chi connectivity index (χ1v) is 6.75. The van der Waals surface area contributed by atoms with Crippen LogP contribution in [0.2, 0.25) is 0 Å². The number of nitrogens with zero attached hydrogens (tertiary/aromatic N) is 2. The van der Waals surface area contributed by atoms with E-state index in [1.165, 1.54) is 6.42 Å². The predicted octanol–water partition coefficient (Wildman–Crippen LogP) is 1.46. The summed E-state index contributed by atoms with van der Waals surface area (Å²) in [7, 11) is 0. The van der Waals surface area contributed by atoms with Crippen molar-refractivity contribution in [1.29, 1.82) is 0 Å². The van der Waals surface area contributed by atoms with E-state index < -0.39 is 0 Å². The summed E-state index contributed by atoms with van der Waals surface area (Å²) >= 11 is 0. The van der Waals surface area contributed by atoms with Crippen LogP contribution in [0.4, 0.5) is 0 Å². The smallest absolute Gasteiger partial charge is 0.0892 e. The van der Waals surface area contributed by atoms with Gasteiger partial charge in [0, 0.05) is 31.9 Å². The van der Waals surface area contributed by atoms with E-state index >= 15 is 0 Å². The van der Waals surface area contributed by atoms with Gasteiger partial charge in [0.05, 0.1) is 25.0 Å². The van der Waals surface area contributed by atoms with Crippen molar-refractivity contribution in [1.82, 2.24) is 9.88 Å². The highest BCUT2D eigenvalue weighted by Gasteiger charge is 2.30. The van der Waals surface area contributed by atoms with E-state index in [9.17, 15) is 0 Å². The van der Waals surface area contributed by atoms with Crippen molar-refractivity contribution in [3.63, 3.8) is 0 Å². The average Bonchev–Trinajstić information content (AvgIpc) is 3.08. The summed E-state index contributed by atoms with van der Waals surface area (Å²) in [5.74, 6) is 0. The van der Waals surface area contributed by atoms with E-state index in [0.29, 0.717) is 18.8 Å². The Labute approximate surface area is 108 Å². The molecule has 2 aliphatic rings. The SMILES string of the molecule is c1ccc(CO[C@@H]2CCN(C3CCOC3)C2)nc1. The molecule has 3 heterocycles. The van der Waals surface area contributed by atoms with E-state index in [-0.39, 0.29) is 0 Å².